The number of nitrogens with two attached hydrogens (primary N) is 1. The quantitative estimate of drug-likeness (QED) is 0.678. The molecule has 0 radical (unpaired) electrons. The number of aryl methyl sites for hydroxylation is 1. The number of fused-ring (bicyclic) bond motifs is 1. The number of carbonyl (C=O) groups excluding carboxylic acids is 2. The van der Waals surface area contributed by atoms with Crippen LogP contribution in [-0.4, -0.2) is 35.2 Å². The van der Waals surface area contributed by atoms with Crippen LogP contribution in [0.5, 0.6) is 0 Å². The number of furan rings is 1. The van der Waals surface area contributed by atoms with Crippen molar-refractivity contribution in [1.82, 2.24) is 5.32 Å². The first kappa shape index (κ1) is 21.2. The third kappa shape index (κ3) is 4.10. The van der Waals surface area contributed by atoms with E-state index in [2.05, 4.69) is 5.32 Å². The number of alkyl halides is 3. The number of halogens is 3. The molecule has 1 aromatic carbocycles. The van der Waals surface area contributed by atoms with Gasteiger partial charge < -0.3 is 20.6 Å². The zero-order valence-corrected chi connectivity index (χ0v) is 16.1. The minimum Gasteiger partial charge on any atom is -0.461 e. The first-order valence-electron chi connectivity index (χ1n) is 9.26. The van der Waals surface area contributed by atoms with Gasteiger partial charge in [-0.1, -0.05) is 6.07 Å². The Morgan fingerprint density at radius 1 is 1.31 bits per heavy atom. The predicted octanol–water partition coefficient (Wildman–Crippen LogP) is 2.84. The molecule has 1 fully saturated rings. The van der Waals surface area contributed by atoms with Crippen molar-refractivity contribution in [3.63, 3.8) is 0 Å². The second kappa shape index (κ2) is 7.37. The summed E-state index contributed by atoms with van der Waals surface area (Å²) in [6.07, 6.45) is -3.46. The first-order chi connectivity index (χ1) is 13.4. The normalized spacial score (nSPS) is 21.4. The van der Waals surface area contributed by atoms with E-state index in [0.29, 0.717) is 23.2 Å². The molecule has 9 heteroatoms. The van der Waals surface area contributed by atoms with Crippen LogP contribution < -0.4 is 11.1 Å². The Morgan fingerprint density at radius 2 is 1.97 bits per heavy atom. The van der Waals surface area contributed by atoms with Crippen LogP contribution in [0.4, 0.5) is 13.2 Å². The Labute approximate surface area is 165 Å². The van der Waals surface area contributed by atoms with Crippen LogP contribution in [-0.2, 0) is 11.2 Å². The van der Waals surface area contributed by atoms with Gasteiger partial charge in [-0.3, -0.25) is 9.59 Å². The molecule has 2 aromatic rings. The number of rotatable bonds is 6. The van der Waals surface area contributed by atoms with Crippen molar-refractivity contribution in [3.8, 4) is 0 Å². The second-order valence-electron chi connectivity index (χ2n) is 7.95. The summed E-state index contributed by atoms with van der Waals surface area (Å²) in [7, 11) is 0. The fourth-order valence-corrected chi connectivity index (χ4v) is 3.67. The van der Waals surface area contributed by atoms with E-state index in [4.69, 9.17) is 10.2 Å². The molecule has 1 aliphatic rings. The van der Waals surface area contributed by atoms with E-state index in [-0.39, 0.29) is 24.3 Å². The van der Waals surface area contributed by atoms with E-state index in [1.54, 1.807) is 25.1 Å². The molecule has 2 amide bonds. The molecular weight excluding hydrogens is 389 g/mol. The number of primary amides is 1. The van der Waals surface area contributed by atoms with E-state index in [1.807, 2.05) is 0 Å². The summed E-state index contributed by atoms with van der Waals surface area (Å²) in [4.78, 5) is 24.3. The van der Waals surface area contributed by atoms with Gasteiger partial charge in [0.05, 0.1) is 18.1 Å². The van der Waals surface area contributed by atoms with Gasteiger partial charge in [0.25, 0.3) is 5.91 Å². The summed E-state index contributed by atoms with van der Waals surface area (Å²) < 4.78 is 43.6. The van der Waals surface area contributed by atoms with E-state index in [0.717, 1.165) is 5.56 Å². The Kier molecular flexibility index (Phi) is 5.38. The highest BCUT2D eigenvalue weighted by Gasteiger charge is 2.47. The summed E-state index contributed by atoms with van der Waals surface area (Å²) in [5.74, 6) is -2.49. The highest BCUT2D eigenvalue weighted by molar-refractivity contribution is 6.09. The lowest BCUT2D eigenvalue weighted by molar-refractivity contribution is -0.204. The van der Waals surface area contributed by atoms with Gasteiger partial charge in [0.1, 0.15) is 16.9 Å². The predicted molar refractivity (Wildman–Crippen MR) is 99.1 cm³/mol. The molecule has 1 aromatic heterocycles. The van der Waals surface area contributed by atoms with Gasteiger partial charge >= 0.3 is 6.18 Å². The number of aliphatic hydroxyl groups excluding tert-OH is 1. The van der Waals surface area contributed by atoms with Crippen LogP contribution in [0.3, 0.4) is 0 Å². The van der Waals surface area contributed by atoms with Gasteiger partial charge in [0, 0.05) is 5.39 Å². The molecular formula is C20H23F3N2O4. The fourth-order valence-electron chi connectivity index (χ4n) is 3.67. The van der Waals surface area contributed by atoms with Gasteiger partial charge in [-0.05, 0) is 56.7 Å². The summed E-state index contributed by atoms with van der Waals surface area (Å²) in [6.45, 7) is 2.23. The molecule has 0 unspecified atom stereocenters. The summed E-state index contributed by atoms with van der Waals surface area (Å²) in [6, 6.07) is 5.17. The topological polar surface area (TPSA) is 106 Å². The van der Waals surface area contributed by atoms with Crippen LogP contribution in [0.1, 0.15) is 41.4 Å². The van der Waals surface area contributed by atoms with Crippen molar-refractivity contribution in [2.24, 2.45) is 17.6 Å². The van der Waals surface area contributed by atoms with Gasteiger partial charge in [-0.15, -0.1) is 0 Å². The fraction of sp³-hybridized carbons (Fsp3) is 0.500. The number of aliphatic hydroxyl groups is 1. The lowest BCUT2D eigenvalue weighted by Crippen LogP contribution is -2.57. The summed E-state index contributed by atoms with van der Waals surface area (Å²) >= 11 is 0. The number of hydrogen-bond donors (Lipinski definition) is 3. The third-order valence-corrected chi connectivity index (χ3v) is 5.63. The zero-order chi connectivity index (χ0) is 21.6. The average molecular weight is 412 g/mol. The highest BCUT2D eigenvalue weighted by Crippen LogP contribution is 2.46. The van der Waals surface area contributed by atoms with Crippen molar-refractivity contribution < 1.29 is 32.3 Å². The van der Waals surface area contributed by atoms with Gasteiger partial charge in [-0.25, -0.2) is 0 Å². The van der Waals surface area contributed by atoms with Gasteiger partial charge in [0.2, 0.25) is 5.91 Å². The Balaban J connectivity index is 1.82. The van der Waals surface area contributed by atoms with Crippen molar-refractivity contribution >= 4 is 22.8 Å². The summed E-state index contributed by atoms with van der Waals surface area (Å²) in [5.41, 5.74) is 5.07. The van der Waals surface area contributed by atoms with Crippen molar-refractivity contribution in [2.45, 2.75) is 44.8 Å². The molecule has 1 atom stereocenters. The van der Waals surface area contributed by atoms with E-state index >= 15 is 0 Å². The maximum Gasteiger partial charge on any atom is 0.391 e. The number of carbonyl (C=O) groups is 2. The Hall–Kier alpha value is -2.55. The van der Waals surface area contributed by atoms with Crippen molar-refractivity contribution in [1.29, 1.82) is 0 Å². The lowest BCUT2D eigenvalue weighted by Gasteiger charge is -2.36. The monoisotopic (exact) mass is 412 g/mol. The van der Waals surface area contributed by atoms with Crippen LogP contribution >= 0.6 is 0 Å². The average Bonchev–Trinajstić information content (AvgIpc) is 2.91. The molecule has 29 heavy (non-hydrogen) atoms. The van der Waals surface area contributed by atoms with Crippen LogP contribution in [0.25, 0.3) is 11.0 Å². The maximum absolute atomic E-state index is 12.8. The molecule has 1 heterocycles. The Bertz CT molecular complexity index is 947. The van der Waals surface area contributed by atoms with Crippen LogP contribution in [0.15, 0.2) is 22.6 Å². The minimum atomic E-state index is -4.15. The molecule has 0 bridgehead atoms. The summed E-state index contributed by atoms with van der Waals surface area (Å²) in [5, 5.41) is 12.3. The van der Waals surface area contributed by atoms with Crippen molar-refractivity contribution in [2.75, 3.05) is 6.61 Å². The molecule has 6 nitrogen and oxygen atoms in total. The molecule has 1 saturated carbocycles. The number of nitrogens with one attached hydrogen (secondary N) is 1. The second-order valence-corrected chi connectivity index (χ2v) is 7.95. The molecule has 4 N–H and O–H groups in total. The number of benzene rings is 1. The molecule has 0 saturated heterocycles. The van der Waals surface area contributed by atoms with Crippen LogP contribution in [0.2, 0.25) is 0 Å². The highest BCUT2D eigenvalue weighted by atomic mass is 19.4. The van der Waals surface area contributed by atoms with E-state index < -0.39 is 36.1 Å². The third-order valence-electron chi connectivity index (χ3n) is 5.63. The first-order valence-corrected chi connectivity index (χ1v) is 9.26. The van der Waals surface area contributed by atoms with Crippen molar-refractivity contribution in [3.05, 3.63) is 35.1 Å². The zero-order valence-electron chi connectivity index (χ0n) is 16.1. The number of hydrogen-bond acceptors (Lipinski definition) is 4. The van der Waals surface area contributed by atoms with E-state index in [1.165, 1.54) is 6.92 Å². The SMILES string of the molecule is Cc1oc2ccc(C[C@H]3C[C@@H](C(F)(F)F)C3)cc2c1C(=O)N[C@@](C)(CO)C(N)=O. The number of amides is 2. The molecule has 3 rings (SSSR count). The van der Waals surface area contributed by atoms with Gasteiger partial charge in [0.15, 0.2) is 0 Å². The van der Waals surface area contributed by atoms with Gasteiger partial charge in [-0.2, -0.15) is 13.2 Å². The van der Waals surface area contributed by atoms with Crippen LogP contribution in [0, 0.1) is 18.8 Å². The standard InChI is InChI=1S/C20H23F3N2O4/c1-10-16(17(27)25-19(2,9-26)18(24)28)14-8-11(3-4-15(14)29-10)5-12-6-13(7-12)20(21,22)23/h3-4,8,12-13,26H,5-7,9H2,1-2H3,(H2,24,28)(H,25,27)/t12-,13+,19-/m0/s1. The maximum atomic E-state index is 12.8. The Morgan fingerprint density at radius 3 is 2.52 bits per heavy atom. The molecule has 0 aliphatic heterocycles. The van der Waals surface area contributed by atoms with E-state index in [9.17, 15) is 27.9 Å². The molecule has 0 spiro atoms. The molecule has 158 valence electrons. The minimum absolute atomic E-state index is 0.0584. The smallest absolute Gasteiger partial charge is 0.391 e. The lowest BCUT2D eigenvalue weighted by atomic mass is 9.72. The molecule has 1 aliphatic carbocycles. The largest absolute Gasteiger partial charge is 0.461 e.